The average molecular weight is 378 g/mol. The van der Waals surface area contributed by atoms with E-state index >= 15 is 0 Å². The van der Waals surface area contributed by atoms with Crippen LogP contribution in [-0.2, 0) is 16.4 Å². The first-order valence-electron chi connectivity index (χ1n) is 7.19. The molecule has 1 aromatic carbocycles. The predicted molar refractivity (Wildman–Crippen MR) is 90.6 cm³/mol. The number of benzene rings is 1. The van der Waals surface area contributed by atoms with Gasteiger partial charge < -0.3 is 10.1 Å². The summed E-state index contributed by atoms with van der Waals surface area (Å²) in [7, 11) is -2.92. The van der Waals surface area contributed by atoms with E-state index in [1.165, 1.54) is 0 Å². The Labute approximate surface area is 136 Å². The molecule has 0 aliphatic rings. The van der Waals surface area contributed by atoms with Crippen LogP contribution in [0.15, 0.2) is 22.7 Å². The molecule has 0 amide bonds. The van der Waals surface area contributed by atoms with Crippen LogP contribution >= 0.6 is 15.9 Å². The lowest BCUT2D eigenvalue weighted by Crippen LogP contribution is -2.22. The molecule has 0 heterocycles. The number of ether oxygens (including phenoxy) is 1. The average Bonchev–Trinajstić information content (AvgIpc) is 2.43. The first-order chi connectivity index (χ1) is 9.85. The molecule has 1 N–H and O–H groups in total. The second-order valence-electron chi connectivity index (χ2n) is 5.20. The number of halogens is 1. The molecule has 4 nitrogen and oxygen atoms in total. The van der Waals surface area contributed by atoms with Gasteiger partial charge in [-0.2, -0.15) is 0 Å². The molecule has 0 bridgehead atoms. The second kappa shape index (κ2) is 8.76. The predicted octanol–water partition coefficient (Wildman–Crippen LogP) is 3.15. The van der Waals surface area contributed by atoms with Crippen LogP contribution in [0.2, 0.25) is 0 Å². The van der Waals surface area contributed by atoms with E-state index in [0.717, 1.165) is 22.3 Å². The van der Waals surface area contributed by atoms with E-state index < -0.39 is 9.84 Å². The van der Waals surface area contributed by atoms with Crippen LogP contribution in [0.5, 0.6) is 5.75 Å². The minimum absolute atomic E-state index is 0.174. The first-order valence-corrected chi connectivity index (χ1v) is 9.81. The zero-order chi connectivity index (χ0) is 15.9. The maximum atomic E-state index is 11.4. The molecule has 0 unspecified atom stereocenters. The Bertz CT molecular complexity index is 544. The fourth-order valence-corrected chi connectivity index (χ4v) is 3.13. The molecule has 0 aliphatic heterocycles. The van der Waals surface area contributed by atoms with Gasteiger partial charge in [-0.1, -0.05) is 32.9 Å². The fraction of sp³-hybridized carbons (Fsp3) is 0.600. The molecule has 1 rings (SSSR count). The summed E-state index contributed by atoms with van der Waals surface area (Å²) in [6.45, 7) is 6.97. The Hall–Kier alpha value is -0.590. The minimum atomic E-state index is -2.92. The van der Waals surface area contributed by atoms with Crippen LogP contribution in [-0.4, -0.2) is 32.6 Å². The van der Waals surface area contributed by atoms with Crippen LogP contribution in [0.3, 0.4) is 0 Å². The molecule has 0 spiro atoms. The van der Waals surface area contributed by atoms with Crippen molar-refractivity contribution < 1.29 is 13.2 Å². The molecule has 21 heavy (non-hydrogen) atoms. The van der Waals surface area contributed by atoms with Gasteiger partial charge in [0.25, 0.3) is 0 Å². The van der Waals surface area contributed by atoms with Crippen LogP contribution < -0.4 is 10.1 Å². The number of sulfone groups is 1. The molecular weight excluding hydrogens is 354 g/mol. The van der Waals surface area contributed by atoms with Crippen LogP contribution in [0.1, 0.15) is 32.8 Å². The molecular formula is C15H24BrNO3S. The van der Waals surface area contributed by atoms with Crippen molar-refractivity contribution >= 4 is 25.8 Å². The van der Waals surface area contributed by atoms with E-state index in [1.807, 2.05) is 18.2 Å². The lowest BCUT2D eigenvalue weighted by molar-refractivity contribution is 0.311. The molecule has 0 radical (unpaired) electrons. The van der Waals surface area contributed by atoms with E-state index in [1.54, 1.807) is 6.92 Å². The molecule has 120 valence electrons. The van der Waals surface area contributed by atoms with Gasteiger partial charge in [0.2, 0.25) is 0 Å². The van der Waals surface area contributed by atoms with Crippen molar-refractivity contribution in [3.05, 3.63) is 28.2 Å². The SMILES string of the molecule is CCS(=O)(=O)CCCOc1c(Br)cccc1CNC(C)C. The summed E-state index contributed by atoms with van der Waals surface area (Å²) in [6.07, 6.45) is 0.508. The smallest absolute Gasteiger partial charge is 0.150 e. The van der Waals surface area contributed by atoms with Crippen LogP contribution in [0, 0.1) is 0 Å². The van der Waals surface area contributed by atoms with Gasteiger partial charge in [-0.3, -0.25) is 0 Å². The Morgan fingerprint density at radius 1 is 1.33 bits per heavy atom. The standard InChI is InChI=1S/C15H24BrNO3S/c1-4-21(18,19)10-6-9-20-15-13(11-17-12(2)3)7-5-8-14(15)16/h5,7-8,12,17H,4,6,9-11H2,1-3H3. The van der Waals surface area contributed by atoms with Gasteiger partial charge in [0.1, 0.15) is 15.6 Å². The highest BCUT2D eigenvalue weighted by molar-refractivity contribution is 9.10. The van der Waals surface area contributed by atoms with Crippen LogP contribution in [0.25, 0.3) is 0 Å². The van der Waals surface area contributed by atoms with Crippen molar-refractivity contribution in [3.8, 4) is 5.75 Å². The summed E-state index contributed by atoms with van der Waals surface area (Å²) in [6, 6.07) is 6.30. The highest BCUT2D eigenvalue weighted by Gasteiger charge is 2.10. The third kappa shape index (κ3) is 6.80. The van der Waals surface area contributed by atoms with Gasteiger partial charge in [-0.25, -0.2) is 8.42 Å². The summed E-state index contributed by atoms with van der Waals surface area (Å²) in [5.74, 6) is 1.15. The number of hydrogen-bond acceptors (Lipinski definition) is 4. The van der Waals surface area contributed by atoms with Gasteiger partial charge in [-0.05, 0) is 28.4 Å². The van der Waals surface area contributed by atoms with Gasteiger partial charge >= 0.3 is 0 Å². The number of para-hydroxylation sites is 1. The molecule has 0 fully saturated rings. The van der Waals surface area contributed by atoms with Crippen molar-refractivity contribution in [1.82, 2.24) is 5.32 Å². The maximum absolute atomic E-state index is 11.4. The van der Waals surface area contributed by atoms with Crippen molar-refractivity contribution in [2.24, 2.45) is 0 Å². The summed E-state index contributed by atoms with van der Waals surface area (Å²) < 4.78 is 29.6. The zero-order valence-corrected chi connectivity index (χ0v) is 15.3. The van der Waals surface area contributed by atoms with E-state index in [4.69, 9.17) is 4.74 Å². The van der Waals surface area contributed by atoms with Gasteiger partial charge in [0.15, 0.2) is 0 Å². The Kier molecular flexibility index (Phi) is 7.70. The third-order valence-corrected chi connectivity index (χ3v) is 5.45. The molecule has 0 aromatic heterocycles. The first kappa shape index (κ1) is 18.5. The highest BCUT2D eigenvalue weighted by atomic mass is 79.9. The summed E-state index contributed by atoms with van der Waals surface area (Å²) in [5.41, 5.74) is 1.07. The van der Waals surface area contributed by atoms with Gasteiger partial charge in [0, 0.05) is 23.9 Å². The lowest BCUT2D eigenvalue weighted by Gasteiger charge is -2.15. The van der Waals surface area contributed by atoms with Crippen molar-refractivity contribution in [1.29, 1.82) is 0 Å². The highest BCUT2D eigenvalue weighted by Crippen LogP contribution is 2.29. The Morgan fingerprint density at radius 3 is 2.67 bits per heavy atom. The molecule has 0 atom stereocenters. The Balaban J connectivity index is 2.61. The van der Waals surface area contributed by atoms with Crippen molar-refractivity contribution in [3.63, 3.8) is 0 Å². The molecule has 1 aromatic rings. The number of rotatable bonds is 9. The normalized spacial score (nSPS) is 11.9. The fourth-order valence-electron chi connectivity index (χ4n) is 1.77. The van der Waals surface area contributed by atoms with Gasteiger partial charge in [0.05, 0.1) is 16.8 Å². The number of hydrogen-bond donors (Lipinski definition) is 1. The summed E-state index contributed by atoms with van der Waals surface area (Å²) in [5, 5.41) is 3.36. The van der Waals surface area contributed by atoms with E-state index in [0.29, 0.717) is 19.1 Å². The lowest BCUT2D eigenvalue weighted by atomic mass is 10.2. The van der Waals surface area contributed by atoms with E-state index in [9.17, 15) is 8.42 Å². The molecule has 0 saturated carbocycles. The summed E-state index contributed by atoms with van der Waals surface area (Å²) >= 11 is 3.49. The quantitative estimate of drug-likeness (QED) is 0.671. The Morgan fingerprint density at radius 2 is 2.05 bits per heavy atom. The van der Waals surface area contributed by atoms with Gasteiger partial charge in [-0.15, -0.1) is 0 Å². The molecule has 0 saturated heterocycles. The number of nitrogens with one attached hydrogen (secondary N) is 1. The topological polar surface area (TPSA) is 55.4 Å². The summed E-state index contributed by atoms with van der Waals surface area (Å²) in [4.78, 5) is 0. The third-order valence-electron chi connectivity index (χ3n) is 3.04. The zero-order valence-electron chi connectivity index (χ0n) is 12.9. The molecule has 6 heteroatoms. The van der Waals surface area contributed by atoms with Crippen LogP contribution in [0.4, 0.5) is 0 Å². The second-order valence-corrected chi connectivity index (χ2v) is 8.53. The maximum Gasteiger partial charge on any atom is 0.150 e. The van der Waals surface area contributed by atoms with Crippen molar-refractivity contribution in [2.75, 3.05) is 18.1 Å². The minimum Gasteiger partial charge on any atom is -0.492 e. The van der Waals surface area contributed by atoms with E-state index in [-0.39, 0.29) is 11.5 Å². The largest absolute Gasteiger partial charge is 0.492 e. The molecule has 0 aliphatic carbocycles. The monoisotopic (exact) mass is 377 g/mol. The van der Waals surface area contributed by atoms with E-state index in [2.05, 4.69) is 35.1 Å². The van der Waals surface area contributed by atoms with Crippen molar-refractivity contribution in [2.45, 2.75) is 39.8 Å².